The van der Waals surface area contributed by atoms with Gasteiger partial charge in [0.05, 0.1) is 6.10 Å². The van der Waals surface area contributed by atoms with Crippen LogP contribution in [0.5, 0.6) is 0 Å². The van der Waals surface area contributed by atoms with Crippen molar-refractivity contribution in [3.05, 3.63) is 35.9 Å². The normalized spacial score (nSPS) is 22.0. The van der Waals surface area contributed by atoms with Gasteiger partial charge in [0, 0.05) is 12.6 Å². The number of ether oxygens (including phenoxy) is 1. The lowest BCUT2D eigenvalue weighted by atomic mass is 9.89. The van der Waals surface area contributed by atoms with Crippen LogP contribution in [0, 0.1) is 0 Å². The molecule has 114 valence electrons. The molecule has 1 saturated carbocycles. The van der Waals surface area contributed by atoms with Crippen molar-refractivity contribution >= 4 is 12.0 Å². The molecule has 1 fully saturated rings. The lowest BCUT2D eigenvalue weighted by Gasteiger charge is -2.35. The van der Waals surface area contributed by atoms with Crippen LogP contribution in [-0.4, -0.2) is 35.9 Å². The van der Waals surface area contributed by atoms with Crippen LogP contribution in [0.1, 0.15) is 31.4 Å². The first kappa shape index (κ1) is 15.3. The fraction of sp³-hybridized carbons (Fsp3) is 0.467. The van der Waals surface area contributed by atoms with E-state index in [4.69, 9.17) is 4.74 Å². The molecule has 0 aromatic heterocycles. The summed E-state index contributed by atoms with van der Waals surface area (Å²) >= 11 is 0. The van der Waals surface area contributed by atoms with Gasteiger partial charge in [-0.3, -0.25) is 0 Å². The van der Waals surface area contributed by atoms with Crippen molar-refractivity contribution in [2.75, 3.05) is 6.61 Å². The Labute approximate surface area is 123 Å². The Hall–Kier alpha value is -2.08. The van der Waals surface area contributed by atoms with E-state index in [0.717, 1.165) is 12.8 Å². The van der Waals surface area contributed by atoms with Gasteiger partial charge < -0.3 is 20.5 Å². The zero-order chi connectivity index (χ0) is 15.2. The third-order valence-electron chi connectivity index (χ3n) is 3.49. The third-order valence-corrected chi connectivity index (χ3v) is 3.49. The molecule has 1 atom stereocenters. The predicted molar refractivity (Wildman–Crippen MR) is 76.9 cm³/mol. The Morgan fingerprint density at radius 3 is 2.57 bits per heavy atom. The summed E-state index contributed by atoms with van der Waals surface area (Å²) in [6.45, 7) is 2.60. The summed E-state index contributed by atoms with van der Waals surface area (Å²) in [5.74, 6) is -1.09. The van der Waals surface area contributed by atoms with Crippen molar-refractivity contribution in [2.24, 2.45) is 0 Å². The Kier molecular flexibility index (Phi) is 5.16. The minimum atomic E-state index is -1.09. The molecular weight excluding hydrogens is 272 g/mol. The predicted octanol–water partition coefficient (Wildman–Crippen LogP) is 1.68. The molecule has 0 unspecified atom stereocenters. The number of nitrogens with one attached hydrogen (secondary N) is 2. The number of hydrogen-bond acceptors (Lipinski definition) is 3. The molecule has 0 radical (unpaired) electrons. The number of benzene rings is 1. The number of aliphatic carboxylic acids is 1. The Balaban J connectivity index is 1.84. The molecule has 0 heterocycles. The van der Waals surface area contributed by atoms with Gasteiger partial charge >= 0.3 is 12.0 Å². The smallest absolute Gasteiger partial charge is 0.330 e. The van der Waals surface area contributed by atoms with E-state index in [-0.39, 0.29) is 12.1 Å². The second-order valence-electron chi connectivity index (χ2n) is 5.05. The molecule has 1 aromatic rings. The maximum Gasteiger partial charge on any atom is 0.330 e. The number of carbonyl (C=O) groups excluding carboxylic acids is 1. The molecule has 3 N–H and O–H groups in total. The van der Waals surface area contributed by atoms with Crippen molar-refractivity contribution in [1.29, 1.82) is 0 Å². The molecule has 21 heavy (non-hydrogen) atoms. The van der Waals surface area contributed by atoms with E-state index >= 15 is 0 Å². The fourth-order valence-electron chi connectivity index (χ4n) is 2.35. The first-order valence-electron chi connectivity index (χ1n) is 7.06. The van der Waals surface area contributed by atoms with Crippen LogP contribution in [0.3, 0.4) is 0 Å². The summed E-state index contributed by atoms with van der Waals surface area (Å²) in [6, 6.07) is 7.16. The monoisotopic (exact) mass is 292 g/mol. The van der Waals surface area contributed by atoms with Crippen molar-refractivity contribution < 1.29 is 19.4 Å². The summed E-state index contributed by atoms with van der Waals surface area (Å²) in [4.78, 5) is 23.2. The second kappa shape index (κ2) is 7.08. The lowest BCUT2D eigenvalue weighted by molar-refractivity contribution is -0.139. The molecule has 0 bridgehead atoms. The number of amides is 2. The maximum absolute atomic E-state index is 11.9. The van der Waals surface area contributed by atoms with E-state index in [1.807, 2.05) is 6.92 Å². The zero-order valence-electron chi connectivity index (χ0n) is 11.9. The molecule has 0 aliphatic heterocycles. The fourth-order valence-corrected chi connectivity index (χ4v) is 2.35. The van der Waals surface area contributed by atoms with E-state index in [2.05, 4.69) is 10.6 Å². The summed E-state index contributed by atoms with van der Waals surface area (Å²) in [6.07, 6.45) is 1.74. The van der Waals surface area contributed by atoms with Crippen LogP contribution in [0.25, 0.3) is 0 Å². The largest absolute Gasteiger partial charge is 0.479 e. The number of carboxylic acid groups (broad SMARTS) is 1. The van der Waals surface area contributed by atoms with E-state index in [0.29, 0.717) is 12.2 Å². The highest BCUT2D eigenvalue weighted by Gasteiger charge is 2.31. The first-order chi connectivity index (χ1) is 10.1. The quantitative estimate of drug-likeness (QED) is 0.744. The van der Waals surface area contributed by atoms with Gasteiger partial charge in [0.25, 0.3) is 0 Å². The van der Waals surface area contributed by atoms with Crippen molar-refractivity contribution in [3.8, 4) is 0 Å². The van der Waals surface area contributed by atoms with Crippen LogP contribution >= 0.6 is 0 Å². The van der Waals surface area contributed by atoms with Gasteiger partial charge in [0.1, 0.15) is 0 Å². The van der Waals surface area contributed by atoms with Gasteiger partial charge in [-0.05, 0) is 25.3 Å². The Morgan fingerprint density at radius 1 is 1.33 bits per heavy atom. The van der Waals surface area contributed by atoms with Gasteiger partial charge in [-0.2, -0.15) is 0 Å². The van der Waals surface area contributed by atoms with Crippen LogP contribution < -0.4 is 10.6 Å². The molecule has 2 amide bonds. The average molecular weight is 292 g/mol. The first-order valence-corrected chi connectivity index (χ1v) is 7.06. The standard InChI is InChI=1S/C15H20N2O4/c1-2-21-12-8-11(9-12)16-15(20)17-13(14(18)19)10-6-4-3-5-7-10/h3-7,11-13H,2,8-9H2,1H3,(H,18,19)(H2,16,17,20)/t11?,12?,13-/m1/s1. The number of carboxylic acids is 1. The van der Waals surface area contributed by atoms with Crippen LogP contribution in [0.4, 0.5) is 4.79 Å². The molecule has 0 saturated heterocycles. The summed E-state index contributed by atoms with van der Waals surface area (Å²) in [7, 11) is 0. The minimum absolute atomic E-state index is 0.0479. The van der Waals surface area contributed by atoms with Crippen molar-refractivity contribution in [2.45, 2.75) is 38.0 Å². The highest BCUT2D eigenvalue weighted by atomic mass is 16.5. The lowest BCUT2D eigenvalue weighted by Crippen LogP contribution is -2.52. The summed E-state index contributed by atoms with van der Waals surface area (Å²) in [5, 5.41) is 14.5. The number of rotatable bonds is 6. The maximum atomic E-state index is 11.9. The molecule has 6 nitrogen and oxygen atoms in total. The molecule has 1 aromatic carbocycles. The number of hydrogen-bond donors (Lipinski definition) is 3. The Bertz CT molecular complexity index is 486. The van der Waals surface area contributed by atoms with Crippen LogP contribution in [-0.2, 0) is 9.53 Å². The second-order valence-corrected chi connectivity index (χ2v) is 5.05. The van der Waals surface area contributed by atoms with Crippen LogP contribution in [0.2, 0.25) is 0 Å². The van der Waals surface area contributed by atoms with Gasteiger partial charge in [0.15, 0.2) is 6.04 Å². The summed E-state index contributed by atoms with van der Waals surface area (Å²) < 4.78 is 5.41. The van der Waals surface area contributed by atoms with E-state index in [9.17, 15) is 14.7 Å². The van der Waals surface area contributed by atoms with E-state index < -0.39 is 18.0 Å². The van der Waals surface area contributed by atoms with E-state index in [1.54, 1.807) is 30.3 Å². The highest BCUT2D eigenvalue weighted by Crippen LogP contribution is 2.23. The number of urea groups is 1. The summed E-state index contributed by atoms with van der Waals surface area (Å²) in [5.41, 5.74) is 0.543. The topological polar surface area (TPSA) is 87.7 Å². The van der Waals surface area contributed by atoms with Crippen molar-refractivity contribution in [3.63, 3.8) is 0 Å². The number of carbonyl (C=O) groups is 2. The van der Waals surface area contributed by atoms with E-state index in [1.165, 1.54) is 0 Å². The molecule has 2 rings (SSSR count). The van der Waals surface area contributed by atoms with Gasteiger partial charge in [-0.15, -0.1) is 0 Å². The van der Waals surface area contributed by atoms with Gasteiger partial charge in [0.2, 0.25) is 0 Å². The SMILES string of the molecule is CCOC1CC(NC(=O)N[C@@H](C(=O)O)c2ccccc2)C1. The molecule has 1 aliphatic rings. The van der Waals surface area contributed by atoms with Gasteiger partial charge in [-0.25, -0.2) is 9.59 Å². The molecule has 6 heteroatoms. The minimum Gasteiger partial charge on any atom is -0.479 e. The molecule has 0 spiro atoms. The zero-order valence-corrected chi connectivity index (χ0v) is 11.9. The highest BCUT2D eigenvalue weighted by molar-refractivity contribution is 5.83. The third kappa shape index (κ3) is 4.19. The molecular formula is C15H20N2O4. The Morgan fingerprint density at radius 2 is 2.00 bits per heavy atom. The van der Waals surface area contributed by atoms with Crippen molar-refractivity contribution in [1.82, 2.24) is 10.6 Å². The average Bonchev–Trinajstić information content (AvgIpc) is 2.43. The molecule has 1 aliphatic carbocycles. The van der Waals surface area contributed by atoms with Crippen LogP contribution in [0.15, 0.2) is 30.3 Å². The van der Waals surface area contributed by atoms with Gasteiger partial charge in [-0.1, -0.05) is 30.3 Å².